The summed E-state index contributed by atoms with van der Waals surface area (Å²) in [7, 11) is 2.97. The van der Waals surface area contributed by atoms with E-state index in [1.165, 1.54) is 26.4 Å². The Morgan fingerprint density at radius 3 is 2.48 bits per heavy atom. The Morgan fingerprint density at radius 2 is 1.74 bits per heavy atom. The second-order valence-electron chi connectivity index (χ2n) is 6.47. The molecule has 0 aliphatic heterocycles. The second-order valence-corrected chi connectivity index (χ2v) is 6.47. The lowest BCUT2D eigenvalue weighted by atomic mass is 10.1. The van der Waals surface area contributed by atoms with Gasteiger partial charge in [0.25, 0.3) is 5.91 Å². The van der Waals surface area contributed by atoms with Crippen molar-refractivity contribution in [3.05, 3.63) is 58.4 Å². The minimum atomic E-state index is -0.737. The van der Waals surface area contributed by atoms with Gasteiger partial charge < -0.3 is 28.7 Å². The molecule has 0 aliphatic carbocycles. The third-order valence-electron chi connectivity index (χ3n) is 4.32. The molecule has 31 heavy (non-hydrogen) atoms. The highest BCUT2D eigenvalue weighted by Crippen LogP contribution is 2.28. The molecule has 0 bridgehead atoms. The van der Waals surface area contributed by atoms with E-state index in [1.807, 2.05) is 0 Å². The molecule has 0 saturated heterocycles. The first-order chi connectivity index (χ1) is 14.9. The molecule has 0 aliphatic rings. The largest absolute Gasteiger partial charge is 0.497 e. The minimum absolute atomic E-state index is 0.323. The molecule has 0 atom stereocenters. The van der Waals surface area contributed by atoms with Crippen molar-refractivity contribution in [2.75, 3.05) is 32.8 Å². The van der Waals surface area contributed by atoms with Crippen LogP contribution in [0.1, 0.15) is 5.56 Å². The van der Waals surface area contributed by atoms with Crippen LogP contribution in [0.5, 0.6) is 17.2 Å². The Kier molecular flexibility index (Phi) is 6.76. The summed E-state index contributed by atoms with van der Waals surface area (Å²) in [6.07, 6.45) is 0. The van der Waals surface area contributed by atoms with Crippen LogP contribution in [0.25, 0.3) is 11.0 Å². The first kappa shape index (κ1) is 21.7. The van der Waals surface area contributed by atoms with Crippen LogP contribution in [0.3, 0.4) is 0 Å². The van der Waals surface area contributed by atoms with Crippen LogP contribution < -0.4 is 25.2 Å². The van der Waals surface area contributed by atoms with E-state index >= 15 is 0 Å². The number of benzene rings is 2. The van der Waals surface area contributed by atoms with Crippen molar-refractivity contribution in [1.29, 1.82) is 0 Å². The second kappa shape index (κ2) is 9.66. The molecule has 3 rings (SSSR count). The summed E-state index contributed by atoms with van der Waals surface area (Å²) >= 11 is 0. The minimum Gasteiger partial charge on any atom is -0.497 e. The zero-order chi connectivity index (χ0) is 22.4. The quantitative estimate of drug-likeness (QED) is 0.431. The maximum atomic E-state index is 12.1. The highest BCUT2D eigenvalue weighted by atomic mass is 16.6. The van der Waals surface area contributed by atoms with E-state index in [0.717, 1.165) is 10.9 Å². The molecule has 162 valence electrons. The van der Waals surface area contributed by atoms with Gasteiger partial charge in [0.15, 0.2) is 13.2 Å². The Balaban J connectivity index is 1.53. The van der Waals surface area contributed by atoms with E-state index in [-0.39, 0.29) is 0 Å². The number of carbonyl (C=O) groups is 2. The lowest BCUT2D eigenvalue weighted by Gasteiger charge is -2.12. The number of carbonyl (C=O) groups excluding carboxylic acids is 2. The third kappa shape index (κ3) is 5.53. The molecule has 0 spiro atoms. The molecular formula is C22H21NO8. The van der Waals surface area contributed by atoms with Gasteiger partial charge in [0.2, 0.25) is 0 Å². The molecule has 9 heteroatoms. The monoisotopic (exact) mass is 427 g/mol. The summed E-state index contributed by atoms with van der Waals surface area (Å²) in [5.41, 5.74) is 1.03. The van der Waals surface area contributed by atoms with Crippen LogP contribution in [0.4, 0.5) is 5.69 Å². The van der Waals surface area contributed by atoms with Crippen molar-refractivity contribution in [1.82, 2.24) is 0 Å². The van der Waals surface area contributed by atoms with Gasteiger partial charge in [0, 0.05) is 23.6 Å². The molecule has 1 amide bonds. The number of aryl methyl sites for hydroxylation is 1. The first-order valence-electron chi connectivity index (χ1n) is 9.24. The van der Waals surface area contributed by atoms with E-state index in [1.54, 1.807) is 37.3 Å². The normalized spacial score (nSPS) is 10.4. The topological polar surface area (TPSA) is 113 Å². The maximum Gasteiger partial charge on any atom is 0.344 e. The number of fused-ring (bicyclic) bond motifs is 1. The van der Waals surface area contributed by atoms with Gasteiger partial charge in [0.05, 0.1) is 19.9 Å². The SMILES string of the molecule is COc1ccc(OC)c(NC(=O)COC(=O)COc2ccc3c(C)cc(=O)oc3c2)c1. The van der Waals surface area contributed by atoms with E-state index in [2.05, 4.69) is 5.32 Å². The standard InChI is InChI=1S/C22H21NO8/c1-13-8-21(25)31-19-10-15(4-6-16(13)19)29-12-22(26)30-11-20(24)23-17-9-14(27-2)5-7-18(17)28-3/h4-10H,11-12H2,1-3H3,(H,23,24). The third-order valence-corrected chi connectivity index (χ3v) is 4.32. The van der Waals surface area contributed by atoms with Crippen LogP contribution in [0.2, 0.25) is 0 Å². The molecule has 2 aromatic carbocycles. The Morgan fingerprint density at radius 1 is 0.968 bits per heavy atom. The predicted molar refractivity (Wildman–Crippen MR) is 112 cm³/mol. The summed E-state index contributed by atoms with van der Waals surface area (Å²) in [4.78, 5) is 35.5. The molecule has 1 N–H and O–H groups in total. The molecule has 9 nitrogen and oxygen atoms in total. The molecule has 0 unspecified atom stereocenters. The molecule has 0 saturated carbocycles. The Bertz CT molecular complexity index is 1170. The number of ether oxygens (including phenoxy) is 4. The number of rotatable bonds is 8. The fraction of sp³-hybridized carbons (Fsp3) is 0.227. The van der Waals surface area contributed by atoms with Gasteiger partial charge in [-0.15, -0.1) is 0 Å². The van der Waals surface area contributed by atoms with Crippen LogP contribution in [0, 0.1) is 6.92 Å². The van der Waals surface area contributed by atoms with Crippen molar-refractivity contribution in [2.24, 2.45) is 0 Å². The summed E-state index contributed by atoms with van der Waals surface area (Å²) in [5, 5.41) is 3.36. The first-order valence-corrected chi connectivity index (χ1v) is 9.24. The molecule has 0 fully saturated rings. The molecule has 1 heterocycles. The van der Waals surface area contributed by atoms with Crippen molar-refractivity contribution in [3.63, 3.8) is 0 Å². The maximum absolute atomic E-state index is 12.1. The number of hydrogen-bond donors (Lipinski definition) is 1. The van der Waals surface area contributed by atoms with Crippen LogP contribution in [0.15, 0.2) is 51.7 Å². The van der Waals surface area contributed by atoms with Crippen molar-refractivity contribution in [2.45, 2.75) is 6.92 Å². The number of hydrogen-bond acceptors (Lipinski definition) is 8. The molecular weight excluding hydrogens is 406 g/mol. The Hall–Kier alpha value is -4.01. The number of anilines is 1. The Labute approximate surface area is 177 Å². The highest BCUT2D eigenvalue weighted by Gasteiger charge is 2.13. The predicted octanol–water partition coefficient (Wildman–Crippen LogP) is 2.68. The summed E-state index contributed by atoms with van der Waals surface area (Å²) in [6, 6.07) is 11.2. The van der Waals surface area contributed by atoms with E-state index in [9.17, 15) is 14.4 Å². The molecule has 0 radical (unpaired) electrons. The van der Waals surface area contributed by atoms with E-state index < -0.39 is 30.7 Å². The fourth-order valence-electron chi connectivity index (χ4n) is 2.82. The number of esters is 1. The van der Waals surface area contributed by atoms with Gasteiger partial charge in [-0.1, -0.05) is 0 Å². The summed E-state index contributed by atoms with van der Waals surface area (Å²) in [6.45, 7) is 0.870. The summed E-state index contributed by atoms with van der Waals surface area (Å²) in [5.74, 6) is -0.00455. The molecule has 1 aromatic heterocycles. The van der Waals surface area contributed by atoms with Crippen molar-refractivity contribution >= 4 is 28.5 Å². The van der Waals surface area contributed by atoms with Gasteiger partial charge in [0.1, 0.15) is 22.8 Å². The number of nitrogens with one attached hydrogen (secondary N) is 1. The van der Waals surface area contributed by atoms with E-state index in [0.29, 0.717) is 28.5 Å². The lowest BCUT2D eigenvalue weighted by molar-refractivity contribution is -0.149. The van der Waals surface area contributed by atoms with Crippen LogP contribution in [-0.4, -0.2) is 39.3 Å². The lowest BCUT2D eigenvalue weighted by Crippen LogP contribution is -2.23. The number of amides is 1. The average Bonchev–Trinajstić information content (AvgIpc) is 2.75. The fourth-order valence-corrected chi connectivity index (χ4v) is 2.82. The van der Waals surface area contributed by atoms with Gasteiger partial charge in [-0.3, -0.25) is 4.79 Å². The smallest absolute Gasteiger partial charge is 0.344 e. The highest BCUT2D eigenvalue weighted by molar-refractivity contribution is 5.94. The zero-order valence-electron chi connectivity index (χ0n) is 17.2. The van der Waals surface area contributed by atoms with Crippen LogP contribution in [-0.2, 0) is 14.3 Å². The zero-order valence-corrected chi connectivity index (χ0v) is 17.2. The van der Waals surface area contributed by atoms with Gasteiger partial charge in [-0.05, 0) is 36.8 Å². The van der Waals surface area contributed by atoms with Crippen molar-refractivity contribution in [3.8, 4) is 17.2 Å². The van der Waals surface area contributed by atoms with Gasteiger partial charge in [-0.2, -0.15) is 0 Å². The molecule has 3 aromatic rings. The van der Waals surface area contributed by atoms with Crippen molar-refractivity contribution < 1.29 is 33.0 Å². The van der Waals surface area contributed by atoms with Gasteiger partial charge >= 0.3 is 11.6 Å². The van der Waals surface area contributed by atoms with Crippen LogP contribution >= 0.6 is 0 Å². The van der Waals surface area contributed by atoms with Gasteiger partial charge in [-0.25, -0.2) is 9.59 Å². The summed E-state index contributed by atoms with van der Waals surface area (Å²) < 4.78 is 25.7. The van der Waals surface area contributed by atoms with E-state index in [4.69, 9.17) is 23.4 Å². The number of methoxy groups -OCH3 is 2. The average molecular weight is 427 g/mol.